The van der Waals surface area contributed by atoms with Gasteiger partial charge in [0.1, 0.15) is 0 Å². The lowest BCUT2D eigenvalue weighted by atomic mass is 10.1. The summed E-state index contributed by atoms with van der Waals surface area (Å²) < 4.78 is 20.8. The molecule has 0 aliphatic heterocycles. The van der Waals surface area contributed by atoms with Gasteiger partial charge >= 0.3 is 5.97 Å². The normalized spacial score (nSPS) is 11.7. The molecule has 0 spiro atoms. The Bertz CT molecular complexity index is 450. The van der Waals surface area contributed by atoms with Crippen LogP contribution in [-0.4, -0.2) is 40.5 Å². The summed E-state index contributed by atoms with van der Waals surface area (Å²) in [6.07, 6.45) is 0. The predicted molar refractivity (Wildman–Crippen MR) is 79.1 cm³/mol. The molecular formula is C15H23NO5. The van der Waals surface area contributed by atoms with E-state index in [4.69, 9.17) is 18.9 Å². The predicted octanol–water partition coefficient (Wildman–Crippen LogP) is 1.93. The monoisotopic (exact) mass is 297 g/mol. The number of benzene rings is 1. The highest BCUT2D eigenvalue weighted by molar-refractivity contribution is 5.71. The lowest BCUT2D eigenvalue weighted by Crippen LogP contribution is -2.27. The van der Waals surface area contributed by atoms with Crippen molar-refractivity contribution < 1.29 is 23.7 Å². The molecule has 0 amide bonds. The number of carbonyl (C=O) groups is 1. The number of hydrogen-bond acceptors (Lipinski definition) is 6. The van der Waals surface area contributed by atoms with Crippen LogP contribution in [0.2, 0.25) is 0 Å². The lowest BCUT2D eigenvalue weighted by Gasteiger charge is -2.18. The molecular weight excluding hydrogens is 274 g/mol. The first-order valence-electron chi connectivity index (χ1n) is 6.76. The molecule has 1 atom stereocenters. The molecule has 1 aromatic carbocycles. The third kappa shape index (κ3) is 4.53. The molecule has 21 heavy (non-hydrogen) atoms. The second kappa shape index (κ2) is 8.36. The molecule has 0 aromatic heterocycles. The zero-order valence-corrected chi connectivity index (χ0v) is 13.2. The fourth-order valence-corrected chi connectivity index (χ4v) is 1.92. The molecule has 0 aliphatic rings. The summed E-state index contributed by atoms with van der Waals surface area (Å²) >= 11 is 0. The topological polar surface area (TPSA) is 66.0 Å². The Hall–Kier alpha value is -1.95. The van der Waals surface area contributed by atoms with Crippen molar-refractivity contribution in [2.45, 2.75) is 19.9 Å². The van der Waals surface area contributed by atoms with E-state index in [-0.39, 0.29) is 18.6 Å². The van der Waals surface area contributed by atoms with Gasteiger partial charge in [-0.15, -0.1) is 0 Å². The van der Waals surface area contributed by atoms with Gasteiger partial charge in [-0.3, -0.25) is 4.79 Å². The Morgan fingerprint density at radius 1 is 1.14 bits per heavy atom. The molecule has 1 unspecified atom stereocenters. The lowest BCUT2D eigenvalue weighted by molar-refractivity contribution is -0.142. The van der Waals surface area contributed by atoms with E-state index in [1.165, 1.54) is 0 Å². The van der Waals surface area contributed by atoms with Crippen molar-refractivity contribution >= 4 is 5.97 Å². The van der Waals surface area contributed by atoms with E-state index >= 15 is 0 Å². The van der Waals surface area contributed by atoms with Crippen molar-refractivity contribution in [3.8, 4) is 17.2 Å². The molecule has 1 N–H and O–H groups in total. The molecule has 0 aliphatic carbocycles. The van der Waals surface area contributed by atoms with Crippen LogP contribution in [0.25, 0.3) is 0 Å². The molecule has 1 rings (SSSR count). The molecule has 118 valence electrons. The Morgan fingerprint density at radius 2 is 1.71 bits per heavy atom. The number of rotatable bonds is 8. The summed E-state index contributed by atoms with van der Waals surface area (Å²) in [5, 5.41) is 3.10. The van der Waals surface area contributed by atoms with Crippen molar-refractivity contribution in [2.75, 3.05) is 34.5 Å². The van der Waals surface area contributed by atoms with Crippen molar-refractivity contribution in [3.05, 3.63) is 17.7 Å². The number of carbonyl (C=O) groups excluding carboxylic acids is 1. The summed E-state index contributed by atoms with van der Waals surface area (Å²) in [6, 6.07) is 3.64. The minimum Gasteiger partial charge on any atom is -0.493 e. The highest BCUT2D eigenvalue weighted by Crippen LogP contribution is 2.39. The van der Waals surface area contributed by atoms with Gasteiger partial charge in [0.25, 0.3) is 0 Å². The van der Waals surface area contributed by atoms with Crippen LogP contribution in [0.4, 0.5) is 0 Å². The minimum absolute atomic E-state index is 0.0666. The van der Waals surface area contributed by atoms with Gasteiger partial charge in [-0.1, -0.05) is 0 Å². The second-order valence-corrected chi connectivity index (χ2v) is 4.37. The van der Waals surface area contributed by atoms with E-state index in [0.717, 1.165) is 5.56 Å². The van der Waals surface area contributed by atoms with Crippen LogP contribution in [-0.2, 0) is 9.53 Å². The fraction of sp³-hybridized carbons (Fsp3) is 0.533. The van der Waals surface area contributed by atoms with Crippen molar-refractivity contribution in [2.24, 2.45) is 0 Å². The smallest absolute Gasteiger partial charge is 0.319 e. The van der Waals surface area contributed by atoms with Gasteiger partial charge in [-0.2, -0.15) is 0 Å². The molecule has 1 aromatic rings. The van der Waals surface area contributed by atoms with Crippen LogP contribution in [0.15, 0.2) is 12.1 Å². The maximum absolute atomic E-state index is 11.4. The summed E-state index contributed by atoms with van der Waals surface area (Å²) in [4.78, 5) is 11.4. The van der Waals surface area contributed by atoms with Crippen LogP contribution in [0.3, 0.4) is 0 Å². The maximum Gasteiger partial charge on any atom is 0.319 e. The van der Waals surface area contributed by atoms with E-state index in [2.05, 4.69) is 5.32 Å². The molecule has 0 saturated heterocycles. The largest absolute Gasteiger partial charge is 0.493 e. The highest BCUT2D eigenvalue weighted by atomic mass is 16.5. The highest BCUT2D eigenvalue weighted by Gasteiger charge is 2.16. The standard InChI is InChI=1S/C15H23NO5/c1-6-21-14(17)9-16-10(2)11-7-12(18-3)15(20-5)13(8-11)19-4/h7-8,10,16H,6,9H2,1-5H3. The van der Waals surface area contributed by atoms with E-state index in [9.17, 15) is 4.79 Å². The van der Waals surface area contributed by atoms with Gasteiger partial charge in [0.15, 0.2) is 11.5 Å². The number of methoxy groups -OCH3 is 3. The summed E-state index contributed by atoms with van der Waals surface area (Å²) in [5.74, 6) is 1.42. The third-order valence-electron chi connectivity index (χ3n) is 3.04. The van der Waals surface area contributed by atoms with Crippen LogP contribution in [0.1, 0.15) is 25.5 Å². The fourth-order valence-electron chi connectivity index (χ4n) is 1.92. The zero-order valence-electron chi connectivity index (χ0n) is 13.2. The number of hydrogen-bond donors (Lipinski definition) is 1. The van der Waals surface area contributed by atoms with Crippen LogP contribution in [0.5, 0.6) is 17.2 Å². The van der Waals surface area contributed by atoms with Crippen molar-refractivity contribution in [1.29, 1.82) is 0 Å². The van der Waals surface area contributed by atoms with Gasteiger partial charge in [0.2, 0.25) is 5.75 Å². The quantitative estimate of drug-likeness (QED) is 0.740. The Labute approximate surface area is 125 Å². The van der Waals surface area contributed by atoms with Crippen LogP contribution < -0.4 is 19.5 Å². The summed E-state index contributed by atoms with van der Waals surface area (Å²) in [6.45, 7) is 4.24. The Kier molecular flexibility index (Phi) is 6.81. The maximum atomic E-state index is 11.4. The van der Waals surface area contributed by atoms with Crippen LogP contribution in [0, 0.1) is 0 Å². The third-order valence-corrected chi connectivity index (χ3v) is 3.04. The van der Waals surface area contributed by atoms with Crippen molar-refractivity contribution in [3.63, 3.8) is 0 Å². The van der Waals surface area contributed by atoms with Crippen LogP contribution >= 0.6 is 0 Å². The number of esters is 1. The molecule has 6 nitrogen and oxygen atoms in total. The first-order valence-corrected chi connectivity index (χ1v) is 6.76. The van der Waals surface area contributed by atoms with Gasteiger partial charge in [-0.05, 0) is 31.5 Å². The first-order chi connectivity index (χ1) is 10.1. The zero-order chi connectivity index (χ0) is 15.8. The minimum atomic E-state index is -0.281. The Morgan fingerprint density at radius 3 is 2.14 bits per heavy atom. The SMILES string of the molecule is CCOC(=O)CNC(C)c1cc(OC)c(OC)c(OC)c1. The second-order valence-electron chi connectivity index (χ2n) is 4.37. The van der Waals surface area contributed by atoms with E-state index in [1.54, 1.807) is 28.3 Å². The van der Waals surface area contributed by atoms with Gasteiger partial charge in [0, 0.05) is 6.04 Å². The number of nitrogens with one attached hydrogen (secondary N) is 1. The van der Waals surface area contributed by atoms with E-state index in [1.807, 2.05) is 19.1 Å². The average Bonchev–Trinajstić information content (AvgIpc) is 2.51. The Balaban J connectivity index is 2.89. The summed E-state index contributed by atoms with van der Waals surface area (Å²) in [7, 11) is 4.69. The van der Waals surface area contributed by atoms with E-state index in [0.29, 0.717) is 23.9 Å². The average molecular weight is 297 g/mol. The molecule has 0 bridgehead atoms. The van der Waals surface area contributed by atoms with Gasteiger partial charge in [0.05, 0.1) is 34.5 Å². The van der Waals surface area contributed by atoms with E-state index < -0.39 is 0 Å². The molecule has 0 heterocycles. The molecule has 0 fully saturated rings. The molecule has 0 radical (unpaired) electrons. The van der Waals surface area contributed by atoms with Gasteiger partial charge < -0.3 is 24.3 Å². The first kappa shape index (κ1) is 17.1. The van der Waals surface area contributed by atoms with Crippen molar-refractivity contribution in [1.82, 2.24) is 5.32 Å². The summed E-state index contributed by atoms with van der Waals surface area (Å²) in [5.41, 5.74) is 0.925. The van der Waals surface area contributed by atoms with Gasteiger partial charge in [-0.25, -0.2) is 0 Å². The molecule has 0 saturated carbocycles. The molecule has 6 heteroatoms. The number of ether oxygens (including phenoxy) is 4.